The predicted octanol–water partition coefficient (Wildman–Crippen LogP) is 3.86. The first-order valence-electron chi connectivity index (χ1n) is 5.30. The molecule has 0 saturated heterocycles. The number of ether oxygens (including phenoxy) is 1. The summed E-state index contributed by atoms with van der Waals surface area (Å²) in [5, 5.41) is 3.37. The highest BCUT2D eigenvalue weighted by atomic mass is 79.9. The van der Waals surface area contributed by atoms with Crippen molar-refractivity contribution in [1.29, 1.82) is 0 Å². The van der Waals surface area contributed by atoms with Gasteiger partial charge in [0, 0.05) is 23.7 Å². The Morgan fingerprint density at radius 2 is 2.29 bits per heavy atom. The minimum atomic E-state index is -0.0349. The lowest BCUT2D eigenvalue weighted by atomic mass is 10.2. The second-order valence-corrected chi connectivity index (χ2v) is 5.02. The molecule has 0 fully saturated rings. The third-order valence-corrected chi connectivity index (χ3v) is 3.62. The van der Waals surface area contributed by atoms with Crippen LogP contribution < -0.4 is 5.32 Å². The number of hydrogen-bond donors (Lipinski definition) is 1. The number of nitrogens with one attached hydrogen (secondary N) is 1. The van der Waals surface area contributed by atoms with Crippen LogP contribution in [-0.2, 0) is 9.53 Å². The van der Waals surface area contributed by atoms with Crippen molar-refractivity contribution in [2.75, 3.05) is 12.4 Å². The van der Waals surface area contributed by atoms with Crippen LogP contribution in [0, 0.1) is 0 Å². The first kappa shape index (κ1) is 14.5. The van der Waals surface area contributed by atoms with Crippen molar-refractivity contribution in [1.82, 2.24) is 0 Å². The van der Waals surface area contributed by atoms with E-state index in [1.165, 1.54) is 0 Å². The van der Waals surface area contributed by atoms with Crippen LogP contribution in [0.15, 0.2) is 22.7 Å². The summed E-state index contributed by atoms with van der Waals surface area (Å²) in [5.74, 6) is -0.0349. The van der Waals surface area contributed by atoms with Gasteiger partial charge in [0.2, 0.25) is 5.91 Å². The Balaban J connectivity index is 2.48. The van der Waals surface area contributed by atoms with Crippen LogP contribution in [0.4, 0.5) is 5.69 Å². The van der Waals surface area contributed by atoms with Crippen LogP contribution in [0.2, 0.25) is 5.02 Å². The Labute approximate surface area is 115 Å². The smallest absolute Gasteiger partial charge is 0.224 e. The van der Waals surface area contributed by atoms with E-state index in [9.17, 15) is 4.79 Å². The molecule has 0 bridgehead atoms. The summed E-state index contributed by atoms with van der Waals surface area (Å²) in [4.78, 5) is 11.6. The maximum atomic E-state index is 11.6. The van der Waals surface area contributed by atoms with Gasteiger partial charge in [-0.3, -0.25) is 4.79 Å². The molecule has 1 rings (SSSR count). The number of hydrogen-bond acceptors (Lipinski definition) is 2. The van der Waals surface area contributed by atoms with Gasteiger partial charge in [-0.25, -0.2) is 0 Å². The molecule has 0 radical (unpaired) electrons. The van der Waals surface area contributed by atoms with Crippen molar-refractivity contribution < 1.29 is 9.53 Å². The lowest BCUT2D eigenvalue weighted by Gasteiger charge is -2.09. The molecule has 1 unspecified atom stereocenters. The number of halogens is 2. The largest absolute Gasteiger partial charge is 0.382 e. The Hall–Kier alpha value is -0.580. The Bertz CT molecular complexity index is 398. The molecule has 1 amide bonds. The van der Waals surface area contributed by atoms with E-state index in [1.54, 1.807) is 25.3 Å². The van der Waals surface area contributed by atoms with Crippen LogP contribution in [0.5, 0.6) is 0 Å². The molecule has 0 spiro atoms. The zero-order chi connectivity index (χ0) is 12.8. The molecule has 1 aromatic rings. The topological polar surface area (TPSA) is 38.3 Å². The van der Waals surface area contributed by atoms with Crippen molar-refractivity contribution in [3.8, 4) is 0 Å². The fourth-order valence-electron chi connectivity index (χ4n) is 1.25. The minimum Gasteiger partial charge on any atom is -0.382 e. The number of methoxy groups -OCH3 is 1. The lowest BCUT2D eigenvalue weighted by Crippen LogP contribution is -2.15. The van der Waals surface area contributed by atoms with Crippen LogP contribution in [-0.4, -0.2) is 19.1 Å². The molecule has 0 aliphatic carbocycles. The van der Waals surface area contributed by atoms with Crippen LogP contribution in [0.1, 0.15) is 19.8 Å². The minimum absolute atomic E-state index is 0.0349. The van der Waals surface area contributed by atoms with E-state index >= 15 is 0 Å². The second-order valence-electron chi connectivity index (χ2n) is 3.76. The molecule has 0 aliphatic rings. The fourth-order valence-corrected chi connectivity index (χ4v) is 1.68. The third-order valence-electron chi connectivity index (χ3n) is 2.38. The van der Waals surface area contributed by atoms with Crippen molar-refractivity contribution >= 4 is 39.1 Å². The molecule has 94 valence electrons. The van der Waals surface area contributed by atoms with Gasteiger partial charge in [0.05, 0.1) is 11.1 Å². The van der Waals surface area contributed by atoms with Gasteiger partial charge in [-0.1, -0.05) is 11.6 Å². The first-order chi connectivity index (χ1) is 8.02. The Kier molecular flexibility index (Phi) is 5.95. The Morgan fingerprint density at radius 1 is 1.59 bits per heavy atom. The number of benzene rings is 1. The summed E-state index contributed by atoms with van der Waals surface area (Å²) < 4.78 is 5.89. The zero-order valence-corrected chi connectivity index (χ0v) is 12.1. The van der Waals surface area contributed by atoms with Gasteiger partial charge in [0.1, 0.15) is 0 Å². The van der Waals surface area contributed by atoms with Crippen molar-refractivity contribution in [2.24, 2.45) is 0 Å². The zero-order valence-electron chi connectivity index (χ0n) is 9.80. The molecule has 0 saturated carbocycles. The quantitative estimate of drug-likeness (QED) is 0.894. The number of carbonyl (C=O) groups excluding carboxylic acids is 1. The normalized spacial score (nSPS) is 12.2. The van der Waals surface area contributed by atoms with E-state index in [0.717, 1.165) is 4.47 Å². The molecule has 3 nitrogen and oxygen atoms in total. The molecule has 0 aliphatic heterocycles. The highest BCUT2D eigenvalue weighted by Gasteiger charge is 2.07. The van der Waals surface area contributed by atoms with Crippen LogP contribution >= 0.6 is 27.5 Å². The summed E-state index contributed by atoms with van der Waals surface area (Å²) in [6, 6.07) is 5.31. The van der Waals surface area contributed by atoms with Gasteiger partial charge in [-0.15, -0.1) is 0 Å². The van der Waals surface area contributed by atoms with Gasteiger partial charge < -0.3 is 10.1 Å². The first-order valence-corrected chi connectivity index (χ1v) is 6.47. The monoisotopic (exact) mass is 319 g/mol. The van der Waals surface area contributed by atoms with E-state index in [0.29, 0.717) is 23.6 Å². The highest BCUT2D eigenvalue weighted by Crippen LogP contribution is 2.25. The number of amides is 1. The predicted molar refractivity (Wildman–Crippen MR) is 73.5 cm³/mol. The van der Waals surface area contributed by atoms with Crippen molar-refractivity contribution in [3.63, 3.8) is 0 Å². The van der Waals surface area contributed by atoms with E-state index in [1.807, 2.05) is 6.92 Å². The molecular weight excluding hydrogens is 305 g/mol. The van der Waals surface area contributed by atoms with Gasteiger partial charge >= 0.3 is 0 Å². The van der Waals surface area contributed by atoms with Crippen molar-refractivity contribution in [3.05, 3.63) is 27.7 Å². The van der Waals surface area contributed by atoms with Gasteiger partial charge in [-0.05, 0) is 47.5 Å². The molecule has 1 N–H and O–H groups in total. The summed E-state index contributed by atoms with van der Waals surface area (Å²) in [6.07, 6.45) is 1.23. The number of carbonyl (C=O) groups is 1. The summed E-state index contributed by atoms with van der Waals surface area (Å²) in [6.45, 7) is 1.93. The molecule has 5 heteroatoms. The van der Waals surface area contributed by atoms with E-state index < -0.39 is 0 Å². The number of anilines is 1. The SMILES string of the molecule is COC(C)CCC(=O)Nc1ccc(Br)c(Cl)c1. The number of rotatable bonds is 5. The maximum Gasteiger partial charge on any atom is 0.224 e. The van der Waals surface area contributed by atoms with Crippen molar-refractivity contribution in [2.45, 2.75) is 25.9 Å². The van der Waals surface area contributed by atoms with Gasteiger partial charge in [-0.2, -0.15) is 0 Å². The average Bonchev–Trinajstić information content (AvgIpc) is 2.31. The molecule has 1 atom stereocenters. The van der Waals surface area contributed by atoms with E-state index in [4.69, 9.17) is 16.3 Å². The molecule has 17 heavy (non-hydrogen) atoms. The standard InChI is InChI=1S/C12H15BrClNO2/c1-8(17-2)3-6-12(16)15-9-4-5-10(13)11(14)7-9/h4-5,7-8H,3,6H2,1-2H3,(H,15,16). The molecule has 0 aromatic heterocycles. The van der Waals surface area contributed by atoms with Crippen LogP contribution in [0.25, 0.3) is 0 Å². The molecular formula is C12H15BrClNO2. The van der Waals surface area contributed by atoms with E-state index in [-0.39, 0.29) is 12.0 Å². The van der Waals surface area contributed by atoms with Gasteiger partial charge in [0.25, 0.3) is 0 Å². The van der Waals surface area contributed by atoms with E-state index in [2.05, 4.69) is 21.2 Å². The maximum absolute atomic E-state index is 11.6. The van der Waals surface area contributed by atoms with Gasteiger partial charge in [0.15, 0.2) is 0 Å². The fraction of sp³-hybridized carbons (Fsp3) is 0.417. The molecule has 0 heterocycles. The average molecular weight is 321 g/mol. The van der Waals surface area contributed by atoms with Crippen LogP contribution in [0.3, 0.4) is 0 Å². The summed E-state index contributed by atoms with van der Waals surface area (Å²) >= 11 is 9.22. The summed E-state index contributed by atoms with van der Waals surface area (Å²) in [5.41, 5.74) is 0.702. The summed E-state index contributed by atoms with van der Waals surface area (Å²) in [7, 11) is 1.64. The second kappa shape index (κ2) is 6.99. The Morgan fingerprint density at radius 3 is 2.88 bits per heavy atom. The highest BCUT2D eigenvalue weighted by molar-refractivity contribution is 9.10. The molecule has 1 aromatic carbocycles. The third kappa shape index (κ3) is 5.06. The lowest BCUT2D eigenvalue weighted by molar-refractivity contribution is -0.116.